The van der Waals surface area contributed by atoms with Gasteiger partial charge in [-0.1, -0.05) is 25.5 Å². The molecule has 0 aliphatic heterocycles. The number of aliphatic hydroxyl groups excluding tert-OH is 1. The number of nitrogens with one attached hydrogen (secondary N) is 1. The molecule has 2 N–H and O–H groups in total. The number of aliphatic hydroxyl groups is 1. The van der Waals surface area contributed by atoms with Gasteiger partial charge >= 0.3 is 0 Å². The predicted molar refractivity (Wildman–Crippen MR) is 80.2 cm³/mol. The lowest BCUT2D eigenvalue weighted by Crippen LogP contribution is -2.31. The van der Waals surface area contributed by atoms with Crippen LogP contribution in [0.25, 0.3) is 0 Å². The van der Waals surface area contributed by atoms with Crippen LogP contribution < -0.4 is 5.32 Å². The molecule has 112 valence electrons. The molecule has 1 unspecified atom stereocenters. The number of carbonyl (C=O) groups is 1. The molecule has 1 rings (SSSR count). The van der Waals surface area contributed by atoms with Crippen molar-refractivity contribution in [3.63, 3.8) is 0 Å². The lowest BCUT2D eigenvalue weighted by atomic mass is 10.0. The predicted octanol–water partition coefficient (Wildman–Crippen LogP) is 2.83. The van der Waals surface area contributed by atoms with Gasteiger partial charge < -0.3 is 10.4 Å². The Morgan fingerprint density at radius 3 is 2.80 bits per heavy atom. The Balaban J connectivity index is 2.31. The third kappa shape index (κ3) is 6.39. The molecule has 0 aromatic heterocycles. The van der Waals surface area contributed by atoms with Crippen LogP contribution in [0.4, 0.5) is 4.39 Å². The van der Waals surface area contributed by atoms with Crippen molar-refractivity contribution in [2.45, 2.75) is 31.1 Å². The second-order valence-electron chi connectivity index (χ2n) is 4.69. The van der Waals surface area contributed by atoms with Crippen molar-refractivity contribution < 1.29 is 14.3 Å². The number of halogens is 1. The van der Waals surface area contributed by atoms with Crippen LogP contribution in [0, 0.1) is 11.7 Å². The van der Waals surface area contributed by atoms with Crippen LogP contribution in [-0.2, 0) is 4.79 Å². The fourth-order valence-corrected chi connectivity index (χ4v) is 2.72. The van der Waals surface area contributed by atoms with Crippen molar-refractivity contribution >= 4 is 17.7 Å². The van der Waals surface area contributed by atoms with Gasteiger partial charge in [-0.3, -0.25) is 4.79 Å². The van der Waals surface area contributed by atoms with Crippen LogP contribution in [0.3, 0.4) is 0 Å². The van der Waals surface area contributed by atoms with Crippen LogP contribution in [0.1, 0.15) is 26.2 Å². The van der Waals surface area contributed by atoms with Gasteiger partial charge in [0.05, 0.1) is 5.75 Å². The summed E-state index contributed by atoms with van der Waals surface area (Å²) in [5, 5.41) is 11.8. The van der Waals surface area contributed by atoms with Crippen molar-refractivity contribution in [2.24, 2.45) is 5.92 Å². The van der Waals surface area contributed by atoms with Gasteiger partial charge in [0, 0.05) is 18.0 Å². The molecule has 1 atom stereocenters. The van der Waals surface area contributed by atoms with Crippen molar-refractivity contribution in [3.05, 3.63) is 30.1 Å². The van der Waals surface area contributed by atoms with Crippen molar-refractivity contribution in [1.29, 1.82) is 0 Å². The highest BCUT2D eigenvalue weighted by atomic mass is 32.2. The zero-order chi connectivity index (χ0) is 14.8. The second-order valence-corrected chi connectivity index (χ2v) is 5.71. The molecule has 0 aliphatic carbocycles. The van der Waals surface area contributed by atoms with Crippen molar-refractivity contribution in [3.8, 4) is 0 Å². The standard InChI is InChI=1S/C15H22FNO2S/c1-2-5-12(8-9-18)10-17-15(19)11-20-14-7-4-3-6-13(14)16/h3-4,6-7,12,18H,2,5,8-11H2,1H3,(H,17,19). The van der Waals surface area contributed by atoms with E-state index in [1.807, 2.05) is 0 Å². The maximum atomic E-state index is 13.4. The highest BCUT2D eigenvalue weighted by Crippen LogP contribution is 2.20. The first-order valence-corrected chi connectivity index (χ1v) is 7.90. The SMILES string of the molecule is CCCC(CCO)CNC(=O)CSc1ccccc1F. The summed E-state index contributed by atoms with van der Waals surface area (Å²) in [6, 6.07) is 6.43. The lowest BCUT2D eigenvalue weighted by molar-refractivity contribution is -0.118. The molecule has 1 aromatic rings. The van der Waals surface area contributed by atoms with E-state index in [0.717, 1.165) is 12.8 Å². The monoisotopic (exact) mass is 299 g/mol. The maximum Gasteiger partial charge on any atom is 0.230 e. The van der Waals surface area contributed by atoms with Crippen LogP contribution in [0.5, 0.6) is 0 Å². The van der Waals surface area contributed by atoms with Gasteiger partial charge in [0.2, 0.25) is 5.91 Å². The number of benzene rings is 1. The van der Waals surface area contributed by atoms with Gasteiger partial charge in [0.1, 0.15) is 5.82 Å². The van der Waals surface area contributed by atoms with Gasteiger partial charge in [-0.2, -0.15) is 0 Å². The number of amides is 1. The van der Waals surface area contributed by atoms with Crippen LogP contribution >= 0.6 is 11.8 Å². The van der Waals surface area contributed by atoms with Gasteiger partial charge in [0.15, 0.2) is 0 Å². The van der Waals surface area contributed by atoms with Gasteiger partial charge in [-0.25, -0.2) is 4.39 Å². The fraction of sp³-hybridized carbons (Fsp3) is 0.533. The van der Waals surface area contributed by atoms with E-state index in [-0.39, 0.29) is 24.1 Å². The fourth-order valence-electron chi connectivity index (χ4n) is 1.95. The van der Waals surface area contributed by atoms with Crippen molar-refractivity contribution in [1.82, 2.24) is 5.32 Å². The second kappa shape index (κ2) is 9.77. The Kier molecular flexibility index (Phi) is 8.30. The molecular weight excluding hydrogens is 277 g/mol. The molecule has 1 aromatic carbocycles. The molecule has 0 saturated carbocycles. The molecule has 0 heterocycles. The van der Waals surface area contributed by atoms with E-state index in [4.69, 9.17) is 5.11 Å². The first kappa shape index (κ1) is 17.0. The minimum absolute atomic E-state index is 0.0997. The Labute approximate surface area is 124 Å². The molecule has 3 nitrogen and oxygen atoms in total. The molecule has 5 heteroatoms. The molecule has 0 radical (unpaired) electrons. The first-order chi connectivity index (χ1) is 9.67. The van der Waals surface area contributed by atoms with Gasteiger partial charge in [0.25, 0.3) is 0 Å². The summed E-state index contributed by atoms with van der Waals surface area (Å²) in [7, 11) is 0. The third-order valence-corrected chi connectivity index (χ3v) is 4.07. The zero-order valence-corrected chi connectivity index (χ0v) is 12.6. The topological polar surface area (TPSA) is 49.3 Å². The average molecular weight is 299 g/mol. The largest absolute Gasteiger partial charge is 0.396 e. The van der Waals surface area contributed by atoms with E-state index in [1.165, 1.54) is 17.8 Å². The summed E-state index contributed by atoms with van der Waals surface area (Å²) in [4.78, 5) is 12.2. The summed E-state index contributed by atoms with van der Waals surface area (Å²) in [6.07, 6.45) is 2.72. The molecule has 0 bridgehead atoms. The Morgan fingerprint density at radius 2 is 2.15 bits per heavy atom. The van der Waals surface area contributed by atoms with Crippen LogP contribution in [0.2, 0.25) is 0 Å². The molecular formula is C15H22FNO2S. The first-order valence-electron chi connectivity index (χ1n) is 6.92. The summed E-state index contributed by atoms with van der Waals surface area (Å²) in [6.45, 7) is 2.80. The van der Waals surface area contributed by atoms with E-state index >= 15 is 0 Å². The number of rotatable bonds is 9. The minimum atomic E-state index is -0.297. The summed E-state index contributed by atoms with van der Waals surface area (Å²) in [5.74, 6) is 0.123. The number of carbonyl (C=O) groups excluding carboxylic acids is 1. The summed E-state index contributed by atoms with van der Waals surface area (Å²) in [5.41, 5.74) is 0. The Morgan fingerprint density at radius 1 is 1.40 bits per heavy atom. The average Bonchev–Trinajstić information content (AvgIpc) is 2.44. The summed E-state index contributed by atoms with van der Waals surface area (Å²) < 4.78 is 13.4. The molecule has 0 spiro atoms. The zero-order valence-electron chi connectivity index (χ0n) is 11.8. The molecule has 0 saturated heterocycles. The third-order valence-electron chi connectivity index (χ3n) is 3.02. The van der Waals surface area contributed by atoms with Crippen molar-refractivity contribution in [2.75, 3.05) is 18.9 Å². The number of hydrogen-bond acceptors (Lipinski definition) is 3. The molecule has 0 fully saturated rings. The Hall–Kier alpha value is -1.07. The highest BCUT2D eigenvalue weighted by molar-refractivity contribution is 8.00. The van der Waals surface area contributed by atoms with Crippen LogP contribution in [0.15, 0.2) is 29.2 Å². The minimum Gasteiger partial charge on any atom is -0.396 e. The van der Waals surface area contributed by atoms with E-state index in [9.17, 15) is 9.18 Å². The highest BCUT2D eigenvalue weighted by Gasteiger charge is 2.10. The number of thioether (sulfide) groups is 1. The van der Waals surface area contributed by atoms with Crippen LogP contribution in [-0.4, -0.2) is 29.9 Å². The smallest absolute Gasteiger partial charge is 0.230 e. The molecule has 0 aliphatic rings. The summed E-state index contributed by atoms with van der Waals surface area (Å²) >= 11 is 1.20. The van der Waals surface area contributed by atoms with Gasteiger partial charge in [-0.05, 0) is 30.9 Å². The van der Waals surface area contributed by atoms with E-state index in [0.29, 0.717) is 23.8 Å². The molecule has 20 heavy (non-hydrogen) atoms. The normalized spacial score (nSPS) is 12.2. The maximum absolute atomic E-state index is 13.4. The lowest BCUT2D eigenvalue weighted by Gasteiger charge is -2.15. The molecule has 1 amide bonds. The number of hydrogen-bond donors (Lipinski definition) is 2. The quantitative estimate of drug-likeness (QED) is 0.689. The van der Waals surface area contributed by atoms with E-state index in [1.54, 1.807) is 18.2 Å². The van der Waals surface area contributed by atoms with E-state index < -0.39 is 0 Å². The van der Waals surface area contributed by atoms with Gasteiger partial charge in [-0.15, -0.1) is 11.8 Å². The Bertz CT molecular complexity index is 409. The van der Waals surface area contributed by atoms with E-state index in [2.05, 4.69) is 12.2 Å².